The van der Waals surface area contributed by atoms with Crippen LogP contribution in [0.25, 0.3) is 0 Å². The summed E-state index contributed by atoms with van der Waals surface area (Å²) in [5, 5.41) is 13.3. The van der Waals surface area contributed by atoms with Gasteiger partial charge in [-0.2, -0.15) is 5.26 Å². The summed E-state index contributed by atoms with van der Waals surface area (Å²) in [7, 11) is 0. The Kier molecular flexibility index (Phi) is 6.10. The fourth-order valence-electron chi connectivity index (χ4n) is 2.79. The first-order valence-corrected chi connectivity index (χ1v) is 8.71. The summed E-state index contributed by atoms with van der Waals surface area (Å²) in [6.45, 7) is 4.95. The molecule has 1 aliphatic carbocycles. The van der Waals surface area contributed by atoms with Crippen molar-refractivity contribution in [3.63, 3.8) is 0 Å². The number of carbonyl (C=O) groups is 1. The van der Waals surface area contributed by atoms with Crippen molar-refractivity contribution in [3.8, 4) is 6.07 Å². The molecule has 6 nitrogen and oxygen atoms in total. The summed E-state index contributed by atoms with van der Waals surface area (Å²) in [5.41, 5.74) is -1.00. The summed E-state index contributed by atoms with van der Waals surface area (Å²) in [4.78, 5) is 15.6. The second kappa shape index (κ2) is 7.80. The lowest BCUT2D eigenvalue weighted by atomic mass is 9.87. The van der Waals surface area contributed by atoms with Gasteiger partial charge in [0, 0.05) is 6.42 Å². The number of alkyl halides is 2. The van der Waals surface area contributed by atoms with Gasteiger partial charge in [-0.05, 0) is 39.7 Å². The van der Waals surface area contributed by atoms with Crippen molar-refractivity contribution in [1.82, 2.24) is 10.3 Å². The van der Waals surface area contributed by atoms with Gasteiger partial charge in [-0.3, -0.25) is 0 Å². The molecule has 148 valence electrons. The Balaban J connectivity index is 2.25. The van der Waals surface area contributed by atoms with Gasteiger partial charge in [-0.15, -0.1) is 0 Å². The quantitative estimate of drug-likeness (QED) is 0.736. The molecule has 0 aromatic carbocycles. The van der Waals surface area contributed by atoms with E-state index >= 15 is 0 Å². The number of alkyl carbamates (subject to hydrolysis) is 1. The number of amides is 1. The molecule has 2 atom stereocenters. The Morgan fingerprint density at radius 1 is 1.48 bits per heavy atom. The first-order chi connectivity index (χ1) is 12.4. The van der Waals surface area contributed by atoms with Crippen LogP contribution in [0.2, 0.25) is 5.15 Å². The van der Waals surface area contributed by atoms with Crippen LogP contribution in [-0.4, -0.2) is 34.7 Å². The van der Waals surface area contributed by atoms with E-state index in [1.165, 1.54) is 0 Å². The van der Waals surface area contributed by atoms with Crippen molar-refractivity contribution in [2.45, 2.75) is 63.6 Å². The van der Waals surface area contributed by atoms with Crippen LogP contribution < -0.4 is 10.6 Å². The fraction of sp³-hybridized carbons (Fsp3) is 0.588. The zero-order valence-corrected chi connectivity index (χ0v) is 15.8. The predicted molar refractivity (Wildman–Crippen MR) is 93.3 cm³/mol. The molecule has 0 bridgehead atoms. The molecule has 0 aliphatic heterocycles. The number of hydrogen-bond acceptors (Lipinski definition) is 5. The Morgan fingerprint density at radius 2 is 2.15 bits per heavy atom. The van der Waals surface area contributed by atoms with E-state index < -0.39 is 47.8 Å². The number of halogens is 4. The minimum atomic E-state index is -3.23. The maximum Gasteiger partial charge on any atom is 0.407 e. The number of carbonyl (C=O) groups excluding carboxylic acids is 1. The molecule has 0 spiro atoms. The molecule has 1 aliphatic rings. The average Bonchev–Trinajstić information content (AvgIpc) is 2.51. The predicted octanol–water partition coefficient (Wildman–Crippen LogP) is 4.24. The van der Waals surface area contributed by atoms with Crippen LogP contribution in [0.5, 0.6) is 0 Å². The van der Waals surface area contributed by atoms with E-state index in [0.29, 0.717) is 0 Å². The van der Waals surface area contributed by atoms with Crippen molar-refractivity contribution in [2.24, 2.45) is 0 Å². The Morgan fingerprint density at radius 3 is 2.74 bits per heavy atom. The highest BCUT2D eigenvalue weighted by Crippen LogP contribution is 2.36. The largest absolute Gasteiger partial charge is 0.444 e. The number of pyridine rings is 1. The second-order valence-electron chi connectivity index (χ2n) is 7.30. The number of anilines is 1. The van der Waals surface area contributed by atoms with E-state index in [2.05, 4.69) is 15.6 Å². The van der Waals surface area contributed by atoms with Gasteiger partial charge in [-0.25, -0.2) is 22.9 Å². The number of hydrogen-bond donors (Lipinski definition) is 2. The lowest BCUT2D eigenvalue weighted by Gasteiger charge is -2.39. The number of ether oxygens (including phenoxy) is 1. The van der Waals surface area contributed by atoms with Gasteiger partial charge in [0.15, 0.2) is 11.6 Å². The highest BCUT2D eigenvalue weighted by Gasteiger charge is 2.48. The summed E-state index contributed by atoms with van der Waals surface area (Å²) < 4.78 is 48.2. The molecular formula is C17H20ClF3N4O2. The van der Waals surface area contributed by atoms with Crippen LogP contribution in [0.4, 0.5) is 23.8 Å². The van der Waals surface area contributed by atoms with Crippen LogP contribution in [0.1, 0.15) is 45.6 Å². The molecule has 1 fully saturated rings. The number of rotatable bonds is 3. The van der Waals surface area contributed by atoms with Gasteiger partial charge in [0.2, 0.25) is 0 Å². The monoisotopic (exact) mass is 404 g/mol. The molecule has 1 amide bonds. The molecular weight excluding hydrogens is 385 g/mol. The lowest BCUT2D eigenvalue weighted by Crippen LogP contribution is -2.58. The molecule has 1 aromatic rings. The molecule has 1 saturated carbocycles. The van der Waals surface area contributed by atoms with Crippen LogP contribution in [0.15, 0.2) is 6.07 Å². The van der Waals surface area contributed by atoms with Gasteiger partial charge < -0.3 is 15.4 Å². The summed E-state index contributed by atoms with van der Waals surface area (Å²) in [6.07, 6.45) is -0.848. The first-order valence-electron chi connectivity index (χ1n) is 8.33. The molecule has 1 heterocycles. The van der Waals surface area contributed by atoms with Gasteiger partial charge in [0.05, 0.1) is 11.6 Å². The summed E-state index contributed by atoms with van der Waals surface area (Å²) >= 11 is 5.77. The van der Waals surface area contributed by atoms with Crippen molar-refractivity contribution in [1.29, 1.82) is 5.26 Å². The van der Waals surface area contributed by atoms with Crippen LogP contribution in [-0.2, 0) is 4.74 Å². The minimum Gasteiger partial charge on any atom is -0.444 e. The first kappa shape index (κ1) is 21.1. The van der Waals surface area contributed by atoms with Crippen molar-refractivity contribution in [3.05, 3.63) is 22.6 Å². The zero-order valence-electron chi connectivity index (χ0n) is 15.1. The van der Waals surface area contributed by atoms with Crippen molar-refractivity contribution < 1.29 is 22.7 Å². The van der Waals surface area contributed by atoms with Gasteiger partial charge in [0.25, 0.3) is 5.92 Å². The molecule has 2 rings (SSSR count). The number of nitrogens with one attached hydrogen (secondary N) is 2. The third-order valence-corrected chi connectivity index (χ3v) is 4.22. The zero-order chi connectivity index (χ0) is 20.4. The Hall–Kier alpha value is -2.21. The lowest BCUT2D eigenvalue weighted by molar-refractivity contribution is -0.0563. The smallest absolute Gasteiger partial charge is 0.407 e. The third kappa shape index (κ3) is 5.39. The number of nitriles is 1. The summed E-state index contributed by atoms with van der Waals surface area (Å²) in [6, 6.07) is -0.165. The Bertz CT molecular complexity index is 762. The van der Waals surface area contributed by atoms with Gasteiger partial charge in [0.1, 0.15) is 22.9 Å². The van der Waals surface area contributed by atoms with Crippen molar-refractivity contribution in [2.75, 3.05) is 5.32 Å². The minimum absolute atomic E-state index is 0.176. The van der Waals surface area contributed by atoms with E-state index in [4.69, 9.17) is 21.6 Å². The third-order valence-electron chi connectivity index (χ3n) is 3.93. The van der Waals surface area contributed by atoms with E-state index in [1.54, 1.807) is 26.8 Å². The van der Waals surface area contributed by atoms with Crippen LogP contribution in [0.3, 0.4) is 0 Å². The topological polar surface area (TPSA) is 87.0 Å². The SMILES string of the molecule is CC(C)(C)OC(=O)N[C@H]1CCCC(F)(F)[C@H]1Nc1nc(Cl)c(C#N)cc1F. The molecule has 0 radical (unpaired) electrons. The number of nitrogens with zero attached hydrogens (tertiary/aromatic N) is 2. The van der Waals surface area contributed by atoms with E-state index in [0.717, 1.165) is 6.07 Å². The van der Waals surface area contributed by atoms with Gasteiger partial charge >= 0.3 is 6.09 Å². The molecule has 1 aromatic heterocycles. The maximum atomic E-state index is 14.5. The fourth-order valence-corrected chi connectivity index (χ4v) is 2.97. The highest BCUT2D eigenvalue weighted by atomic mass is 35.5. The highest BCUT2D eigenvalue weighted by molar-refractivity contribution is 6.30. The van der Waals surface area contributed by atoms with Crippen LogP contribution >= 0.6 is 11.6 Å². The average molecular weight is 405 g/mol. The molecule has 0 saturated heterocycles. The maximum absolute atomic E-state index is 14.5. The molecule has 2 N–H and O–H groups in total. The van der Waals surface area contributed by atoms with Gasteiger partial charge in [-0.1, -0.05) is 11.6 Å². The second-order valence-corrected chi connectivity index (χ2v) is 7.65. The van der Waals surface area contributed by atoms with Crippen LogP contribution in [0, 0.1) is 17.1 Å². The summed E-state index contributed by atoms with van der Waals surface area (Å²) in [5.74, 6) is -4.73. The normalized spacial score (nSPS) is 21.9. The van der Waals surface area contributed by atoms with E-state index in [1.807, 2.05) is 0 Å². The van der Waals surface area contributed by atoms with Crippen molar-refractivity contribution >= 4 is 23.5 Å². The molecule has 10 heteroatoms. The molecule has 27 heavy (non-hydrogen) atoms. The van der Waals surface area contributed by atoms with E-state index in [-0.39, 0.29) is 23.6 Å². The van der Waals surface area contributed by atoms with E-state index in [9.17, 15) is 18.0 Å². The molecule has 0 unspecified atom stereocenters. The standard InChI is InChI=1S/C17H20ClF3N4O2/c1-16(2,3)27-15(26)23-11-5-4-6-17(20,21)12(11)24-14-10(19)7-9(8-22)13(18)25-14/h7,11-12H,4-6H2,1-3H3,(H,23,26)(H,24,25)/t11-,12-/m0/s1. The number of aromatic nitrogens is 1. The Labute approximate surface area is 160 Å².